The molecule has 0 aliphatic heterocycles. The molecule has 82 valence electrons. The molecule has 0 aromatic heterocycles. The maximum atomic E-state index is 12.7. The van der Waals surface area contributed by atoms with Gasteiger partial charge in [0.25, 0.3) is 0 Å². The molecule has 0 radical (unpaired) electrons. The zero-order chi connectivity index (χ0) is 11.5. The number of nitrogens with two attached hydrogens (primary N) is 1. The monoisotopic (exact) mass is 230 g/mol. The van der Waals surface area contributed by atoms with Gasteiger partial charge in [-0.2, -0.15) is 0 Å². The minimum absolute atomic E-state index is 0.0964. The number of halogens is 1. The number of nitrogen functional groups attached to an aromatic ring is 1. The number of nitrogens with one attached hydrogen (secondary N) is 1. The Morgan fingerprint density at radius 1 is 1.53 bits per heavy atom. The summed E-state index contributed by atoms with van der Waals surface area (Å²) >= 11 is 0. The van der Waals surface area contributed by atoms with Gasteiger partial charge in [0.2, 0.25) is 10.0 Å². The van der Waals surface area contributed by atoms with Crippen LogP contribution in [0.15, 0.2) is 35.7 Å². The maximum Gasteiger partial charge on any atom is 0.242 e. The molecule has 15 heavy (non-hydrogen) atoms. The summed E-state index contributed by atoms with van der Waals surface area (Å²) in [5.74, 6) is -0.574. The molecular formula is C9H11FN2O2S. The summed E-state index contributed by atoms with van der Waals surface area (Å²) in [6.45, 7) is 3.47. The first kappa shape index (κ1) is 11.7. The lowest BCUT2D eigenvalue weighted by atomic mass is 10.3. The normalized spacial score (nSPS) is 11.3. The molecule has 1 aromatic carbocycles. The third-order valence-corrected chi connectivity index (χ3v) is 3.18. The average molecular weight is 230 g/mol. The molecule has 0 atom stereocenters. The number of hydrogen-bond donors (Lipinski definition) is 2. The zero-order valence-corrected chi connectivity index (χ0v) is 8.72. The van der Waals surface area contributed by atoms with Crippen molar-refractivity contribution in [1.82, 2.24) is 4.72 Å². The van der Waals surface area contributed by atoms with Gasteiger partial charge in [-0.3, -0.25) is 0 Å². The average Bonchev–Trinajstić information content (AvgIpc) is 2.14. The molecule has 1 aromatic rings. The van der Waals surface area contributed by atoms with Crippen molar-refractivity contribution in [3.8, 4) is 0 Å². The van der Waals surface area contributed by atoms with Gasteiger partial charge in [0.1, 0.15) is 10.7 Å². The van der Waals surface area contributed by atoms with Gasteiger partial charge in [0.05, 0.1) is 5.69 Å². The second kappa shape index (κ2) is 4.41. The van der Waals surface area contributed by atoms with Crippen LogP contribution in [-0.4, -0.2) is 15.0 Å². The predicted molar refractivity (Wildman–Crippen MR) is 56.2 cm³/mol. The fourth-order valence-corrected chi connectivity index (χ4v) is 2.12. The van der Waals surface area contributed by atoms with Gasteiger partial charge >= 0.3 is 0 Å². The molecule has 3 N–H and O–H groups in total. The van der Waals surface area contributed by atoms with E-state index in [1.807, 2.05) is 0 Å². The number of anilines is 1. The number of rotatable bonds is 4. The quantitative estimate of drug-likeness (QED) is 0.595. The summed E-state index contributed by atoms with van der Waals surface area (Å²) in [6, 6.07) is 3.12. The van der Waals surface area contributed by atoms with E-state index in [9.17, 15) is 12.8 Å². The van der Waals surface area contributed by atoms with Crippen molar-refractivity contribution >= 4 is 15.7 Å². The summed E-state index contributed by atoms with van der Waals surface area (Å²) in [4.78, 5) is -0.134. The van der Waals surface area contributed by atoms with E-state index in [0.717, 1.165) is 18.2 Å². The van der Waals surface area contributed by atoms with Gasteiger partial charge in [-0.05, 0) is 18.2 Å². The Hall–Kier alpha value is -1.40. The predicted octanol–water partition coefficient (Wildman–Crippen LogP) is 0.872. The molecular weight excluding hydrogens is 219 g/mol. The molecule has 0 aliphatic carbocycles. The molecule has 0 aliphatic rings. The van der Waals surface area contributed by atoms with E-state index in [2.05, 4.69) is 11.3 Å². The van der Waals surface area contributed by atoms with Crippen LogP contribution < -0.4 is 10.5 Å². The van der Waals surface area contributed by atoms with E-state index in [0.29, 0.717) is 0 Å². The molecule has 0 saturated carbocycles. The van der Waals surface area contributed by atoms with Gasteiger partial charge in [-0.1, -0.05) is 6.08 Å². The molecule has 0 spiro atoms. The minimum Gasteiger partial charge on any atom is -0.398 e. The highest BCUT2D eigenvalue weighted by Gasteiger charge is 2.16. The zero-order valence-electron chi connectivity index (χ0n) is 7.90. The molecule has 0 saturated heterocycles. The fraction of sp³-hybridized carbons (Fsp3) is 0.111. The van der Waals surface area contributed by atoms with Crippen molar-refractivity contribution in [2.24, 2.45) is 0 Å². The molecule has 0 fully saturated rings. The molecule has 0 bridgehead atoms. The van der Waals surface area contributed by atoms with Gasteiger partial charge in [-0.15, -0.1) is 6.58 Å². The van der Waals surface area contributed by atoms with Crippen LogP contribution in [0.5, 0.6) is 0 Å². The summed E-state index contributed by atoms with van der Waals surface area (Å²) in [7, 11) is -3.68. The first-order valence-corrected chi connectivity index (χ1v) is 5.61. The van der Waals surface area contributed by atoms with Crippen LogP contribution >= 0.6 is 0 Å². The lowest BCUT2D eigenvalue weighted by Gasteiger charge is -2.07. The Morgan fingerprint density at radius 3 is 2.73 bits per heavy atom. The summed E-state index contributed by atoms with van der Waals surface area (Å²) in [5, 5.41) is 0. The van der Waals surface area contributed by atoms with Crippen LogP contribution in [0.1, 0.15) is 0 Å². The van der Waals surface area contributed by atoms with E-state index in [-0.39, 0.29) is 17.1 Å². The Kier molecular flexibility index (Phi) is 3.43. The smallest absolute Gasteiger partial charge is 0.242 e. The van der Waals surface area contributed by atoms with Crippen molar-refractivity contribution in [3.63, 3.8) is 0 Å². The standard InChI is InChI=1S/C9H11FN2O2S/c1-2-5-12-15(13,14)9-4-3-7(10)6-8(9)11/h2-4,6,12H,1,5,11H2. The number of benzene rings is 1. The van der Waals surface area contributed by atoms with Crippen LogP contribution in [-0.2, 0) is 10.0 Å². The lowest BCUT2D eigenvalue weighted by molar-refractivity contribution is 0.585. The largest absolute Gasteiger partial charge is 0.398 e. The van der Waals surface area contributed by atoms with E-state index in [4.69, 9.17) is 5.73 Å². The highest BCUT2D eigenvalue weighted by Crippen LogP contribution is 2.18. The van der Waals surface area contributed by atoms with Crippen LogP contribution in [0.4, 0.5) is 10.1 Å². The number of sulfonamides is 1. The van der Waals surface area contributed by atoms with Crippen molar-refractivity contribution in [1.29, 1.82) is 0 Å². The van der Waals surface area contributed by atoms with E-state index in [1.165, 1.54) is 6.08 Å². The van der Waals surface area contributed by atoms with Gasteiger partial charge in [0.15, 0.2) is 0 Å². The van der Waals surface area contributed by atoms with E-state index in [1.54, 1.807) is 0 Å². The molecule has 1 rings (SSSR count). The van der Waals surface area contributed by atoms with E-state index < -0.39 is 15.8 Å². The van der Waals surface area contributed by atoms with Crippen molar-refractivity contribution in [2.45, 2.75) is 4.90 Å². The Bertz CT molecular complexity index is 471. The summed E-state index contributed by atoms with van der Waals surface area (Å²) < 4.78 is 38.0. The second-order valence-corrected chi connectivity index (χ2v) is 4.56. The first-order valence-electron chi connectivity index (χ1n) is 4.13. The van der Waals surface area contributed by atoms with Crippen LogP contribution in [0.2, 0.25) is 0 Å². The maximum absolute atomic E-state index is 12.7. The second-order valence-electron chi connectivity index (χ2n) is 2.82. The van der Waals surface area contributed by atoms with Gasteiger partial charge in [0, 0.05) is 6.54 Å². The first-order chi connectivity index (χ1) is 6.97. The van der Waals surface area contributed by atoms with Crippen molar-refractivity contribution in [3.05, 3.63) is 36.7 Å². The van der Waals surface area contributed by atoms with Crippen LogP contribution in [0.3, 0.4) is 0 Å². The Balaban J connectivity index is 3.10. The Morgan fingerprint density at radius 2 is 2.20 bits per heavy atom. The van der Waals surface area contributed by atoms with Crippen molar-refractivity contribution in [2.75, 3.05) is 12.3 Å². The summed E-state index contributed by atoms with van der Waals surface area (Å²) in [5.41, 5.74) is 5.28. The fourth-order valence-electron chi connectivity index (χ4n) is 1.01. The molecule has 6 heteroatoms. The molecule has 0 heterocycles. The summed E-state index contributed by atoms with van der Waals surface area (Å²) in [6.07, 6.45) is 1.40. The SMILES string of the molecule is C=CCNS(=O)(=O)c1ccc(F)cc1N. The topological polar surface area (TPSA) is 72.2 Å². The minimum atomic E-state index is -3.68. The molecule has 0 amide bonds. The van der Waals surface area contributed by atoms with E-state index >= 15 is 0 Å². The third kappa shape index (κ3) is 2.77. The van der Waals surface area contributed by atoms with Gasteiger partial charge in [-0.25, -0.2) is 17.5 Å². The highest BCUT2D eigenvalue weighted by molar-refractivity contribution is 7.89. The highest BCUT2D eigenvalue weighted by atomic mass is 32.2. The van der Waals surface area contributed by atoms with Crippen molar-refractivity contribution < 1.29 is 12.8 Å². The van der Waals surface area contributed by atoms with Gasteiger partial charge < -0.3 is 5.73 Å². The molecule has 0 unspecified atom stereocenters. The van der Waals surface area contributed by atoms with Crippen LogP contribution in [0.25, 0.3) is 0 Å². The number of hydrogen-bond acceptors (Lipinski definition) is 3. The Labute approximate surface area is 87.7 Å². The third-order valence-electron chi connectivity index (χ3n) is 1.68. The molecule has 4 nitrogen and oxygen atoms in total. The lowest BCUT2D eigenvalue weighted by Crippen LogP contribution is -2.24. The van der Waals surface area contributed by atoms with Crippen LogP contribution in [0, 0.1) is 5.82 Å².